The van der Waals surface area contributed by atoms with Crippen LogP contribution < -0.4 is 20.0 Å². The van der Waals surface area contributed by atoms with Gasteiger partial charge in [-0.3, -0.25) is 45.4 Å². The molecule has 0 aliphatic heterocycles. The minimum Gasteiger partial charge on any atom is -0.572 e. The minimum atomic E-state index is -4.46. The fourth-order valence-corrected chi connectivity index (χ4v) is 12.4. The van der Waals surface area contributed by atoms with Crippen LogP contribution in [0, 0.1) is 87.1 Å². The maximum Gasteiger partial charge on any atom is 3.00 e. The largest absolute Gasteiger partial charge is 3.00 e. The third kappa shape index (κ3) is 35.6. The van der Waals surface area contributed by atoms with E-state index in [1.54, 1.807) is 58.1 Å². The summed E-state index contributed by atoms with van der Waals surface area (Å²) in [4.78, 5) is 43.6. The van der Waals surface area contributed by atoms with Crippen LogP contribution in [-0.2, 0) is 152 Å². The molecule has 11 aromatic heterocycles. The predicted octanol–water partition coefficient (Wildman–Crippen LogP) is 19.4. The zero-order chi connectivity index (χ0) is 102. The maximum atomic E-state index is 13.1. The zero-order valence-electron chi connectivity index (χ0n) is 77.6. The van der Waals surface area contributed by atoms with Gasteiger partial charge in [-0.2, -0.15) is 39.5 Å². The van der Waals surface area contributed by atoms with E-state index in [9.17, 15) is 61.5 Å². The number of aromatic nitrogens is 22. The Kier molecular flexibility index (Phi) is 49.2. The Morgan fingerprint density at radius 1 is 0.345 bits per heavy atom. The maximum absolute atomic E-state index is 13.1. The molecular formula is C98H90F14Ir3N22O5-2. The van der Waals surface area contributed by atoms with Crippen LogP contribution in [0.4, 0.5) is 61.5 Å². The molecule has 0 saturated heterocycles. The molecule has 0 aliphatic carbocycles. The van der Waals surface area contributed by atoms with Crippen LogP contribution in [0.5, 0.6) is 5.75 Å². The van der Waals surface area contributed by atoms with Crippen molar-refractivity contribution in [1.82, 2.24) is 108 Å². The van der Waals surface area contributed by atoms with E-state index in [0.29, 0.717) is 35.4 Å². The Bertz CT molecular complexity index is 6340. The zero-order valence-corrected chi connectivity index (χ0v) is 84.7. The smallest absolute Gasteiger partial charge is 0.572 e. The molecule has 18 aromatic rings. The standard InChI is InChI=1S/2C17H14FN2.C12H12FN2O.2C12H12FN2.3C8H6F3N4.4CH2O.3Ir/c2*1-13-11-15(18)7-8-16(13)17-9-10-20(19-17)12-14-5-3-2-4-6-14;1-3-16-12-8-9(13)4-5-10(12)11-6-7-15(2)14-11;2*1-3-15-7-6-12(14-15)11-5-4-10(13)8-9(11)2;3*1-15-3-2-12-7(15)5-4-6(14-13-5)8(9,10)11;4*1-2;;;/h2*2-7,9-11H,12H2,1H3;4,6-8H,3H2,1-2H3;2*4,6-8H,3H2,1-2H3;3*2-4H,1H3;4*1H2;;;/q8*-1;;;;;;2*+3. The third-order valence-corrected chi connectivity index (χ3v) is 18.8. The minimum absolute atomic E-state index is 0. The molecule has 0 bridgehead atoms. The molecule has 18 rings (SSSR count). The van der Waals surface area contributed by atoms with E-state index < -0.39 is 35.6 Å². The summed E-state index contributed by atoms with van der Waals surface area (Å²) >= 11 is 0. The van der Waals surface area contributed by atoms with Crippen LogP contribution in [0.1, 0.15) is 71.2 Å². The number of benzene rings is 7. The quantitative estimate of drug-likeness (QED) is 0.0641. The van der Waals surface area contributed by atoms with Gasteiger partial charge < -0.3 is 68.2 Å². The summed E-state index contributed by atoms with van der Waals surface area (Å²) < 4.78 is 194. The van der Waals surface area contributed by atoms with Crippen LogP contribution in [0.15, 0.2) is 238 Å². The van der Waals surface area contributed by atoms with Crippen molar-refractivity contribution in [3.63, 3.8) is 0 Å². The predicted molar refractivity (Wildman–Crippen MR) is 489 cm³/mol. The van der Waals surface area contributed by atoms with Crippen molar-refractivity contribution in [3.05, 3.63) is 348 Å². The number of halogens is 14. The number of hydrogen-bond donors (Lipinski definition) is 0. The van der Waals surface area contributed by atoms with Crippen molar-refractivity contribution in [2.45, 2.75) is 93.2 Å². The number of carbonyl (C=O) groups is 4. The number of imidazole rings is 3. The summed E-state index contributed by atoms with van der Waals surface area (Å²) in [7, 11) is 6.84. The molecule has 0 atom stereocenters. The second kappa shape index (κ2) is 58.4. The molecule has 749 valence electrons. The molecular weight excluding hydrogens is 2410 g/mol. The van der Waals surface area contributed by atoms with E-state index in [1.807, 2.05) is 199 Å². The number of aryl methyl sites for hydroxylation is 10. The number of alkyl halides is 9. The van der Waals surface area contributed by atoms with Crippen molar-refractivity contribution in [3.8, 4) is 96.6 Å². The average molecular weight is 2500 g/mol. The molecule has 44 heteroatoms. The first-order valence-corrected chi connectivity index (χ1v) is 41.1. The average Bonchev–Trinajstić information content (AvgIpc) is 1.50. The van der Waals surface area contributed by atoms with E-state index in [-0.39, 0.29) is 106 Å². The number of hydrogen-bond acceptors (Lipinski definition) is 16. The van der Waals surface area contributed by atoms with Gasteiger partial charge in [0.25, 0.3) is 0 Å². The van der Waals surface area contributed by atoms with Crippen LogP contribution in [0.2, 0.25) is 0 Å². The monoisotopic (exact) mass is 2500 g/mol. The Labute approximate surface area is 848 Å². The molecule has 0 fully saturated rings. The summed E-state index contributed by atoms with van der Waals surface area (Å²) in [6, 6.07) is 61.0. The van der Waals surface area contributed by atoms with Gasteiger partial charge in [0.1, 0.15) is 61.7 Å². The Morgan fingerprint density at radius 3 is 0.838 bits per heavy atom. The fraction of sp³-hybridized carbons (Fsp3) is 0.194. The molecule has 0 N–H and O–H groups in total. The summed E-state index contributed by atoms with van der Waals surface area (Å²) in [6.07, 6.45) is 5.43. The van der Waals surface area contributed by atoms with Gasteiger partial charge in [-0.1, -0.05) is 147 Å². The van der Waals surface area contributed by atoms with Gasteiger partial charge in [0.15, 0.2) is 0 Å². The van der Waals surface area contributed by atoms with Crippen molar-refractivity contribution < 1.29 is 146 Å². The van der Waals surface area contributed by atoms with Crippen molar-refractivity contribution >= 4 is 27.2 Å². The van der Waals surface area contributed by atoms with Gasteiger partial charge >= 0.3 is 58.7 Å². The SMILES string of the molecule is C=O.C=O.C=O.C=O.CCOc1cc(F)c[c-]c1-c1ccn(C)n1.CCn1ccc(-c2[c-]cc(F)cc2C)n1.CCn1ccc(-c2[c-]cc(F)cc2C)n1.Cc1cc(F)c[c-]c1-c1ccn(Cc2ccccc2)n1.Cc1cc(F)c[c-]c1-c1ccn(Cc2ccccc2)n1.Cn1ccnc1-c1cc(C(F)(F)F)n[n-]1.Cn1ccnc1-c1cc(C(F)(F)F)n[n-]1.Cn1ccnc1-c1cc(C(F)(F)F)n[n-]1.[Ir+3].[Ir+3].[Ir]. The number of carbonyl (C=O) groups excluding carboxylic acids is 4. The Hall–Kier alpha value is -14.7. The van der Waals surface area contributed by atoms with E-state index in [1.165, 1.54) is 90.4 Å². The van der Waals surface area contributed by atoms with Gasteiger partial charge in [0.2, 0.25) is 0 Å². The van der Waals surface area contributed by atoms with Crippen molar-refractivity contribution in [2.24, 2.45) is 28.2 Å². The molecule has 0 amide bonds. The van der Waals surface area contributed by atoms with E-state index in [0.717, 1.165) is 117 Å². The van der Waals surface area contributed by atoms with E-state index >= 15 is 0 Å². The van der Waals surface area contributed by atoms with Gasteiger partial charge in [-0.15, -0.1) is 129 Å². The Morgan fingerprint density at radius 2 is 0.606 bits per heavy atom. The van der Waals surface area contributed by atoms with Gasteiger partial charge in [0, 0.05) is 193 Å². The second-order valence-electron chi connectivity index (χ2n) is 28.7. The Balaban J connectivity index is 0.000000335. The fourth-order valence-electron chi connectivity index (χ4n) is 12.4. The van der Waals surface area contributed by atoms with Gasteiger partial charge in [-0.25, -0.2) is 40.4 Å². The topological polar surface area (TPSA) is 301 Å². The number of ether oxygens (including phenoxy) is 1. The molecule has 1 radical (unpaired) electrons. The summed E-state index contributed by atoms with van der Waals surface area (Å²) in [5.41, 5.74) is 11.3. The molecule has 0 aliphatic rings. The molecule has 0 spiro atoms. The van der Waals surface area contributed by atoms with Crippen LogP contribution >= 0.6 is 0 Å². The van der Waals surface area contributed by atoms with Crippen LogP contribution in [0.3, 0.4) is 0 Å². The molecule has 142 heavy (non-hydrogen) atoms. The summed E-state index contributed by atoms with van der Waals surface area (Å²) in [5, 5.41) is 41.5. The van der Waals surface area contributed by atoms with Crippen LogP contribution in [-0.4, -0.2) is 127 Å². The van der Waals surface area contributed by atoms with E-state index in [4.69, 9.17) is 23.9 Å². The summed E-state index contributed by atoms with van der Waals surface area (Å²) in [6.45, 7) is 25.0. The number of nitrogens with zero attached hydrogens (tertiary/aromatic N) is 22. The first-order chi connectivity index (χ1) is 66.5. The van der Waals surface area contributed by atoms with E-state index in [2.05, 4.69) is 126 Å². The van der Waals surface area contributed by atoms with Crippen LogP contribution in [0.25, 0.3) is 90.8 Å². The first-order valence-electron chi connectivity index (χ1n) is 41.1. The molecule has 0 saturated carbocycles. The first kappa shape index (κ1) is 120. The molecule has 7 aromatic carbocycles. The van der Waals surface area contributed by atoms with Gasteiger partial charge in [0.05, 0.1) is 19.7 Å². The second-order valence-corrected chi connectivity index (χ2v) is 28.7. The number of rotatable bonds is 16. The van der Waals surface area contributed by atoms with Gasteiger partial charge in [-0.05, 0) is 50.1 Å². The van der Waals surface area contributed by atoms with Crippen molar-refractivity contribution in [1.29, 1.82) is 0 Å². The van der Waals surface area contributed by atoms with Crippen molar-refractivity contribution in [2.75, 3.05) is 6.61 Å². The molecule has 0 unspecified atom stereocenters. The molecule has 11 heterocycles. The third-order valence-electron chi connectivity index (χ3n) is 18.8. The summed E-state index contributed by atoms with van der Waals surface area (Å²) in [5.74, 6) is 0.139. The normalized spacial score (nSPS) is 10.3. The molecule has 27 nitrogen and oxygen atoms in total.